The van der Waals surface area contributed by atoms with Gasteiger partial charge in [0.15, 0.2) is 5.76 Å². The Morgan fingerprint density at radius 2 is 2.08 bits per heavy atom. The average molecular weight is 358 g/mol. The van der Waals surface area contributed by atoms with Crippen molar-refractivity contribution in [3.63, 3.8) is 0 Å². The van der Waals surface area contributed by atoms with Crippen LogP contribution < -0.4 is 5.32 Å². The molecule has 0 saturated carbocycles. The van der Waals surface area contributed by atoms with Gasteiger partial charge in [-0.1, -0.05) is 18.2 Å². The Labute approximate surface area is 153 Å². The number of para-hydroxylation sites is 1. The van der Waals surface area contributed by atoms with E-state index in [0.29, 0.717) is 38.4 Å². The van der Waals surface area contributed by atoms with Crippen molar-refractivity contribution in [3.8, 4) is 0 Å². The van der Waals surface area contributed by atoms with Gasteiger partial charge in [-0.2, -0.15) is 0 Å². The Bertz CT molecular complexity index is 783. The lowest BCUT2D eigenvalue weighted by Gasteiger charge is -2.19. The summed E-state index contributed by atoms with van der Waals surface area (Å²) in [6.45, 7) is 4.17. The summed E-state index contributed by atoms with van der Waals surface area (Å²) in [6.07, 6.45) is 2.28. The first kappa shape index (κ1) is 18.5. The van der Waals surface area contributed by atoms with Gasteiger partial charge in [-0.25, -0.2) is 0 Å². The topological polar surface area (TPSA) is 71.8 Å². The Morgan fingerprint density at radius 1 is 1.27 bits per heavy atom. The second kappa shape index (κ2) is 8.36. The van der Waals surface area contributed by atoms with Gasteiger partial charge in [0, 0.05) is 43.6 Å². The molecule has 2 aromatic rings. The first-order valence-corrected chi connectivity index (χ1v) is 9.16. The lowest BCUT2D eigenvalue weighted by molar-refractivity contribution is -0.125. The van der Waals surface area contributed by atoms with E-state index in [9.17, 15) is 9.59 Å². The largest absolute Gasteiger partial charge is 0.451 e. The van der Waals surface area contributed by atoms with E-state index in [1.165, 1.54) is 0 Å². The van der Waals surface area contributed by atoms with Crippen molar-refractivity contribution in [2.45, 2.75) is 26.2 Å². The summed E-state index contributed by atoms with van der Waals surface area (Å²) < 4.78 is 10.8. The molecule has 1 unspecified atom stereocenters. The van der Waals surface area contributed by atoms with Crippen molar-refractivity contribution >= 4 is 22.8 Å². The second-order valence-corrected chi connectivity index (χ2v) is 6.76. The van der Waals surface area contributed by atoms with Gasteiger partial charge in [0.1, 0.15) is 5.58 Å². The Hall–Kier alpha value is -2.34. The van der Waals surface area contributed by atoms with Crippen LogP contribution in [0.15, 0.2) is 28.7 Å². The highest BCUT2D eigenvalue weighted by molar-refractivity contribution is 5.99. The SMILES string of the molecule is COCCNC(=O)C1CCCN(C(=O)c2oc3ccccc3c2C)CC1. The normalized spacial score (nSPS) is 17.9. The molecule has 0 aliphatic carbocycles. The number of nitrogens with one attached hydrogen (secondary N) is 1. The van der Waals surface area contributed by atoms with Gasteiger partial charge in [-0.15, -0.1) is 0 Å². The maximum absolute atomic E-state index is 12.9. The molecule has 1 N–H and O–H groups in total. The monoisotopic (exact) mass is 358 g/mol. The molecule has 26 heavy (non-hydrogen) atoms. The van der Waals surface area contributed by atoms with Crippen LogP contribution in [-0.2, 0) is 9.53 Å². The first-order valence-electron chi connectivity index (χ1n) is 9.16. The van der Waals surface area contributed by atoms with Gasteiger partial charge in [-0.3, -0.25) is 9.59 Å². The van der Waals surface area contributed by atoms with E-state index in [2.05, 4.69) is 5.32 Å². The van der Waals surface area contributed by atoms with Crippen LogP contribution in [0.4, 0.5) is 0 Å². The second-order valence-electron chi connectivity index (χ2n) is 6.76. The van der Waals surface area contributed by atoms with Crippen LogP contribution in [0.3, 0.4) is 0 Å². The van der Waals surface area contributed by atoms with Gasteiger partial charge < -0.3 is 19.4 Å². The van der Waals surface area contributed by atoms with E-state index in [0.717, 1.165) is 29.4 Å². The summed E-state index contributed by atoms with van der Waals surface area (Å²) in [6, 6.07) is 7.69. The molecule has 1 aliphatic rings. The number of aryl methyl sites for hydroxylation is 1. The zero-order valence-electron chi connectivity index (χ0n) is 15.4. The summed E-state index contributed by atoms with van der Waals surface area (Å²) in [5.41, 5.74) is 1.61. The molecule has 6 heteroatoms. The minimum Gasteiger partial charge on any atom is -0.451 e. The molecule has 1 fully saturated rings. The molecular formula is C20H26N2O4. The van der Waals surface area contributed by atoms with E-state index in [4.69, 9.17) is 9.15 Å². The zero-order valence-corrected chi connectivity index (χ0v) is 15.4. The van der Waals surface area contributed by atoms with Crippen LogP contribution in [0.25, 0.3) is 11.0 Å². The number of carbonyl (C=O) groups is 2. The summed E-state index contributed by atoms with van der Waals surface area (Å²) in [5.74, 6) is 0.325. The molecule has 6 nitrogen and oxygen atoms in total. The lowest BCUT2D eigenvalue weighted by Crippen LogP contribution is -2.35. The lowest BCUT2D eigenvalue weighted by atomic mass is 10.00. The quantitative estimate of drug-likeness (QED) is 0.834. The molecule has 0 bridgehead atoms. The first-order chi connectivity index (χ1) is 12.6. The minimum atomic E-state index is -0.0841. The van der Waals surface area contributed by atoms with Gasteiger partial charge in [0.05, 0.1) is 6.61 Å². The summed E-state index contributed by atoms with van der Waals surface area (Å²) in [4.78, 5) is 27.0. The number of methoxy groups -OCH3 is 1. The third kappa shape index (κ3) is 3.90. The van der Waals surface area contributed by atoms with Gasteiger partial charge in [-0.05, 0) is 32.3 Å². The molecule has 3 rings (SSSR count). The maximum Gasteiger partial charge on any atom is 0.289 e. The van der Waals surface area contributed by atoms with Crippen LogP contribution >= 0.6 is 0 Å². The fraction of sp³-hybridized carbons (Fsp3) is 0.500. The molecule has 1 aromatic carbocycles. The molecule has 1 saturated heterocycles. The smallest absolute Gasteiger partial charge is 0.289 e. The van der Waals surface area contributed by atoms with Crippen molar-refractivity contribution < 1.29 is 18.7 Å². The Morgan fingerprint density at radius 3 is 2.85 bits per heavy atom. The Balaban J connectivity index is 1.65. The predicted molar refractivity (Wildman–Crippen MR) is 99.1 cm³/mol. The van der Waals surface area contributed by atoms with E-state index < -0.39 is 0 Å². The number of furan rings is 1. The van der Waals surface area contributed by atoms with E-state index >= 15 is 0 Å². The molecule has 1 atom stereocenters. The maximum atomic E-state index is 12.9. The number of ether oxygens (including phenoxy) is 1. The van der Waals surface area contributed by atoms with Crippen molar-refractivity contribution in [1.29, 1.82) is 0 Å². The van der Waals surface area contributed by atoms with Crippen LogP contribution in [0.1, 0.15) is 35.4 Å². The molecular weight excluding hydrogens is 332 g/mol. The highest BCUT2D eigenvalue weighted by Gasteiger charge is 2.28. The third-order valence-corrected chi connectivity index (χ3v) is 5.03. The standard InChI is InChI=1S/C20H26N2O4/c1-14-16-7-3-4-8-17(16)26-18(14)20(24)22-11-5-6-15(9-12-22)19(23)21-10-13-25-2/h3-4,7-8,15H,5-6,9-13H2,1-2H3,(H,21,23). The molecule has 0 radical (unpaired) electrons. The molecule has 0 spiro atoms. The number of hydrogen-bond acceptors (Lipinski definition) is 4. The third-order valence-electron chi connectivity index (χ3n) is 5.03. The minimum absolute atomic E-state index is 0.0521. The van der Waals surface area contributed by atoms with Gasteiger partial charge in [0.25, 0.3) is 5.91 Å². The summed E-state index contributed by atoms with van der Waals surface area (Å²) >= 11 is 0. The van der Waals surface area contributed by atoms with Crippen molar-refractivity contribution in [1.82, 2.24) is 10.2 Å². The van der Waals surface area contributed by atoms with Gasteiger partial charge >= 0.3 is 0 Å². The number of amides is 2. The van der Waals surface area contributed by atoms with E-state index in [1.54, 1.807) is 7.11 Å². The molecule has 2 amide bonds. The molecule has 1 aliphatic heterocycles. The van der Waals surface area contributed by atoms with Crippen LogP contribution in [0, 0.1) is 12.8 Å². The highest BCUT2D eigenvalue weighted by Crippen LogP contribution is 2.27. The predicted octanol–water partition coefficient (Wildman–Crippen LogP) is 2.75. The van der Waals surface area contributed by atoms with E-state index in [1.807, 2.05) is 36.1 Å². The number of rotatable bonds is 5. The molecule has 140 valence electrons. The number of benzene rings is 1. The van der Waals surface area contributed by atoms with Crippen LogP contribution in [-0.4, -0.2) is 50.1 Å². The Kier molecular flexibility index (Phi) is 5.93. The molecule has 1 aromatic heterocycles. The van der Waals surface area contributed by atoms with Crippen molar-refractivity contribution in [2.24, 2.45) is 5.92 Å². The fourth-order valence-corrected chi connectivity index (χ4v) is 3.50. The number of fused-ring (bicyclic) bond motifs is 1. The summed E-state index contributed by atoms with van der Waals surface area (Å²) in [7, 11) is 1.61. The fourth-order valence-electron chi connectivity index (χ4n) is 3.50. The zero-order chi connectivity index (χ0) is 18.5. The van der Waals surface area contributed by atoms with Gasteiger partial charge in [0.2, 0.25) is 5.91 Å². The van der Waals surface area contributed by atoms with E-state index in [-0.39, 0.29) is 17.7 Å². The molecule has 2 heterocycles. The number of nitrogens with zero attached hydrogens (tertiary/aromatic N) is 1. The number of likely N-dealkylation sites (tertiary alicyclic amines) is 1. The van der Waals surface area contributed by atoms with Crippen molar-refractivity contribution in [2.75, 3.05) is 33.4 Å². The van der Waals surface area contributed by atoms with Crippen LogP contribution in [0.2, 0.25) is 0 Å². The highest BCUT2D eigenvalue weighted by atomic mass is 16.5. The number of carbonyl (C=O) groups excluding carboxylic acids is 2. The summed E-state index contributed by atoms with van der Waals surface area (Å²) in [5, 5.41) is 3.87. The van der Waals surface area contributed by atoms with Crippen LogP contribution in [0.5, 0.6) is 0 Å². The number of hydrogen-bond donors (Lipinski definition) is 1. The van der Waals surface area contributed by atoms with Crippen molar-refractivity contribution in [3.05, 3.63) is 35.6 Å². The average Bonchev–Trinajstić information content (AvgIpc) is 2.83.